The minimum absolute atomic E-state index is 0.220. The molecule has 0 spiro atoms. The Morgan fingerprint density at radius 2 is 1.81 bits per heavy atom. The highest BCUT2D eigenvalue weighted by Gasteiger charge is 2.18. The number of aromatic nitrogens is 3. The van der Waals surface area contributed by atoms with Crippen molar-refractivity contribution in [1.82, 2.24) is 20.3 Å². The first-order valence-corrected chi connectivity index (χ1v) is 10.2. The van der Waals surface area contributed by atoms with E-state index >= 15 is 0 Å². The molecule has 2 N–H and O–H groups in total. The molecule has 1 aliphatic heterocycles. The Balaban J connectivity index is 1.38. The van der Waals surface area contributed by atoms with Crippen molar-refractivity contribution in [3.05, 3.63) is 72.3 Å². The van der Waals surface area contributed by atoms with Crippen LogP contribution in [0.4, 0.5) is 11.5 Å². The molecule has 4 aromatic rings. The number of hydrogen-bond donors (Lipinski definition) is 2. The molecule has 7 nitrogen and oxygen atoms in total. The van der Waals surface area contributed by atoms with Crippen molar-refractivity contribution in [2.45, 2.75) is 20.0 Å². The van der Waals surface area contributed by atoms with Gasteiger partial charge < -0.3 is 20.1 Å². The molecule has 156 valence electrons. The van der Waals surface area contributed by atoms with Gasteiger partial charge in [-0.1, -0.05) is 0 Å². The van der Waals surface area contributed by atoms with Gasteiger partial charge in [0.2, 0.25) is 0 Å². The van der Waals surface area contributed by atoms with E-state index in [0.29, 0.717) is 5.75 Å². The summed E-state index contributed by atoms with van der Waals surface area (Å²) < 4.78 is 12.0. The maximum atomic E-state index is 5.99. The van der Waals surface area contributed by atoms with Crippen LogP contribution in [0, 0.1) is 13.8 Å². The second kappa shape index (κ2) is 8.20. The number of fused-ring (bicyclic) bond motifs is 1. The summed E-state index contributed by atoms with van der Waals surface area (Å²) in [6, 6.07) is 15.7. The molecule has 0 unspecified atom stereocenters. The van der Waals surface area contributed by atoms with E-state index in [4.69, 9.17) is 9.47 Å². The van der Waals surface area contributed by atoms with Gasteiger partial charge in [0.1, 0.15) is 35.5 Å². The lowest BCUT2D eigenvalue weighted by Gasteiger charge is -2.27. The smallest absolute Gasteiger partial charge is 0.145 e. The summed E-state index contributed by atoms with van der Waals surface area (Å²) in [5.41, 5.74) is 3.74. The average molecular weight is 413 g/mol. The number of rotatable bonds is 6. The van der Waals surface area contributed by atoms with Crippen LogP contribution in [-0.2, 0) is 0 Å². The summed E-state index contributed by atoms with van der Waals surface area (Å²) in [6.07, 6.45) is 3.51. The molecule has 7 heteroatoms. The van der Waals surface area contributed by atoms with Crippen LogP contribution >= 0.6 is 0 Å². The molecular weight excluding hydrogens is 390 g/mol. The maximum Gasteiger partial charge on any atom is 0.145 e. The van der Waals surface area contributed by atoms with Gasteiger partial charge in [0.25, 0.3) is 0 Å². The SMILES string of the molecule is Cc1ccc(Oc2ccc(Nc3ncnc4ccc(OC5CNC5)cc34)cc2C)cn1. The lowest BCUT2D eigenvalue weighted by atomic mass is 10.1. The minimum atomic E-state index is 0.220. The predicted octanol–water partition coefficient (Wildman–Crippen LogP) is 4.53. The third-order valence-corrected chi connectivity index (χ3v) is 5.20. The van der Waals surface area contributed by atoms with Crippen molar-refractivity contribution in [3.63, 3.8) is 0 Å². The van der Waals surface area contributed by atoms with Gasteiger partial charge in [0.15, 0.2) is 0 Å². The van der Waals surface area contributed by atoms with Gasteiger partial charge in [-0.15, -0.1) is 0 Å². The van der Waals surface area contributed by atoms with Crippen LogP contribution in [0.3, 0.4) is 0 Å². The molecule has 0 amide bonds. The fraction of sp³-hybridized carbons (Fsp3) is 0.208. The van der Waals surface area contributed by atoms with Gasteiger partial charge in [-0.3, -0.25) is 4.98 Å². The van der Waals surface area contributed by atoms with E-state index < -0.39 is 0 Å². The number of aryl methyl sites for hydroxylation is 2. The molecule has 0 radical (unpaired) electrons. The van der Waals surface area contributed by atoms with Crippen LogP contribution in [0.5, 0.6) is 17.2 Å². The first kappa shape index (κ1) is 19.3. The molecule has 5 rings (SSSR count). The normalized spacial score (nSPS) is 13.6. The largest absolute Gasteiger partial charge is 0.488 e. The Morgan fingerprint density at radius 1 is 0.935 bits per heavy atom. The van der Waals surface area contributed by atoms with Crippen molar-refractivity contribution >= 4 is 22.4 Å². The third-order valence-electron chi connectivity index (χ3n) is 5.20. The third kappa shape index (κ3) is 4.27. The zero-order valence-electron chi connectivity index (χ0n) is 17.4. The summed E-state index contributed by atoms with van der Waals surface area (Å²) in [5.74, 6) is 3.06. The number of nitrogens with one attached hydrogen (secondary N) is 2. The van der Waals surface area contributed by atoms with Crippen molar-refractivity contribution in [2.75, 3.05) is 18.4 Å². The first-order chi connectivity index (χ1) is 15.1. The van der Waals surface area contributed by atoms with Crippen LogP contribution in [0.15, 0.2) is 61.1 Å². The number of pyridine rings is 1. The Hall–Kier alpha value is -3.71. The Morgan fingerprint density at radius 3 is 2.55 bits per heavy atom. The molecule has 2 aromatic carbocycles. The molecule has 1 aliphatic rings. The average Bonchev–Trinajstić information content (AvgIpc) is 2.74. The van der Waals surface area contributed by atoms with E-state index in [0.717, 1.165) is 58.3 Å². The highest BCUT2D eigenvalue weighted by Crippen LogP contribution is 2.31. The van der Waals surface area contributed by atoms with E-state index in [1.807, 2.05) is 62.4 Å². The molecule has 0 aliphatic carbocycles. The van der Waals surface area contributed by atoms with E-state index in [9.17, 15) is 0 Å². The van der Waals surface area contributed by atoms with Gasteiger partial charge in [0, 0.05) is 29.9 Å². The first-order valence-electron chi connectivity index (χ1n) is 10.2. The lowest BCUT2D eigenvalue weighted by molar-refractivity contribution is 0.142. The van der Waals surface area contributed by atoms with Gasteiger partial charge >= 0.3 is 0 Å². The monoisotopic (exact) mass is 413 g/mol. The summed E-state index contributed by atoms with van der Waals surface area (Å²) in [5, 5.41) is 7.54. The number of anilines is 2. The highest BCUT2D eigenvalue weighted by atomic mass is 16.5. The summed E-state index contributed by atoms with van der Waals surface area (Å²) >= 11 is 0. The molecular formula is C24H23N5O2. The fourth-order valence-corrected chi connectivity index (χ4v) is 3.37. The fourth-order valence-electron chi connectivity index (χ4n) is 3.37. The molecule has 31 heavy (non-hydrogen) atoms. The number of ether oxygens (including phenoxy) is 2. The Bertz CT molecular complexity index is 1220. The highest BCUT2D eigenvalue weighted by molar-refractivity contribution is 5.91. The Labute approximate surface area is 180 Å². The minimum Gasteiger partial charge on any atom is -0.488 e. The van der Waals surface area contributed by atoms with Crippen molar-refractivity contribution in [1.29, 1.82) is 0 Å². The van der Waals surface area contributed by atoms with Crippen LogP contribution in [-0.4, -0.2) is 34.1 Å². The second-order valence-electron chi connectivity index (χ2n) is 7.64. The van der Waals surface area contributed by atoms with E-state index in [1.54, 1.807) is 12.5 Å². The van der Waals surface area contributed by atoms with Crippen molar-refractivity contribution in [2.24, 2.45) is 0 Å². The molecule has 0 bridgehead atoms. The van der Waals surface area contributed by atoms with E-state index in [-0.39, 0.29) is 6.10 Å². The predicted molar refractivity (Wildman–Crippen MR) is 120 cm³/mol. The number of nitrogens with zero attached hydrogens (tertiary/aromatic N) is 3. The second-order valence-corrected chi connectivity index (χ2v) is 7.64. The molecule has 1 saturated heterocycles. The van der Waals surface area contributed by atoms with Crippen LogP contribution in [0.2, 0.25) is 0 Å². The van der Waals surface area contributed by atoms with Gasteiger partial charge in [-0.25, -0.2) is 9.97 Å². The standard InChI is InChI=1S/C24H23N5O2/c1-15-9-17(4-8-23(15)31-19-5-3-16(2)26-13-19)29-24-21-10-18(30-20-11-25-12-20)6-7-22(21)27-14-28-24/h3-10,13-14,20,25H,11-12H2,1-2H3,(H,27,28,29). The lowest BCUT2D eigenvalue weighted by Crippen LogP contribution is -2.50. The summed E-state index contributed by atoms with van der Waals surface area (Å²) in [6.45, 7) is 5.71. The van der Waals surface area contributed by atoms with E-state index in [1.165, 1.54) is 0 Å². The van der Waals surface area contributed by atoms with Crippen molar-refractivity contribution in [3.8, 4) is 17.2 Å². The van der Waals surface area contributed by atoms with Crippen molar-refractivity contribution < 1.29 is 9.47 Å². The maximum absolute atomic E-state index is 5.99. The zero-order chi connectivity index (χ0) is 21.2. The Kier molecular flexibility index (Phi) is 5.09. The van der Waals surface area contributed by atoms with Gasteiger partial charge in [-0.05, 0) is 67.9 Å². The topological polar surface area (TPSA) is 81.2 Å². The molecule has 3 heterocycles. The van der Waals surface area contributed by atoms with Gasteiger partial charge in [-0.2, -0.15) is 0 Å². The van der Waals surface area contributed by atoms with E-state index in [2.05, 4.69) is 25.6 Å². The van der Waals surface area contributed by atoms with Crippen LogP contribution in [0.1, 0.15) is 11.3 Å². The summed E-state index contributed by atoms with van der Waals surface area (Å²) in [4.78, 5) is 13.1. The zero-order valence-corrected chi connectivity index (χ0v) is 17.4. The van der Waals surface area contributed by atoms with Crippen LogP contribution < -0.4 is 20.1 Å². The summed E-state index contributed by atoms with van der Waals surface area (Å²) in [7, 11) is 0. The molecule has 0 atom stereocenters. The van der Waals surface area contributed by atoms with Crippen LogP contribution in [0.25, 0.3) is 10.9 Å². The molecule has 0 saturated carbocycles. The molecule has 2 aromatic heterocycles. The quantitative estimate of drug-likeness (QED) is 0.481. The number of benzene rings is 2. The molecule has 1 fully saturated rings. The number of hydrogen-bond acceptors (Lipinski definition) is 7. The van der Waals surface area contributed by atoms with Gasteiger partial charge in [0.05, 0.1) is 11.7 Å².